The molecule has 0 spiro atoms. The molecule has 1 aromatic heterocycles. The number of rotatable bonds is 7. The maximum absolute atomic E-state index is 4.15. The van der Waals surface area contributed by atoms with Gasteiger partial charge in [0, 0.05) is 25.5 Å². The van der Waals surface area contributed by atoms with Gasteiger partial charge in [-0.05, 0) is 24.7 Å². The zero-order valence-corrected chi connectivity index (χ0v) is 12.6. The van der Waals surface area contributed by atoms with Crippen LogP contribution in [0.15, 0.2) is 36.8 Å². The Balaban J connectivity index is 2.06. The van der Waals surface area contributed by atoms with E-state index in [9.17, 15) is 0 Å². The lowest BCUT2D eigenvalue weighted by Gasteiger charge is -2.20. The van der Waals surface area contributed by atoms with Crippen LogP contribution in [0, 0.1) is 0 Å². The van der Waals surface area contributed by atoms with E-state index < -0.39 is 0 Å². The third kappa shape index (κ3) is 3.61. The van der Waals surface area contributed by atoms with Crippen LogP contribution in [0.1, 0.15) is 25.1 Å². The molecule has 20 heavy (non-hydrogen) atoms. The van der Waals surface area contributed by atoms with E-state index in [1.165, 1.54) is 16.9 Å². The fourth-order valence-corrected chi connectivity index (χ4v) is 2.26. The first kappa shape index (κ1) is 14.6. The van der Waals surface area contributed by atoms with Crippen LogP contribution < -0.4 is 5.32 Å². The van der Waals surface area contributed by atoms with Gasteiger partial charge in [-0.25, -0.2) is 4.98 Å². The molecule has 4 nitrogen and oxygen atoms in total. The highest BCUT2D eigenvalue weighted by molar-refractivity contribution is 5.51. The highest BCUT2D eigenvalue weighted by atomic mass is 15.1. The van der Waals surface area contributed by atoms with Gasteiger partial charge in [-0.1, -0.05) is 32.0 Å². The van der Waals surface area contributed by atoms with E-state index in [0.717, 1.165) is 26.2 Å². The minimum Gasteiger partial charge on any atom is -0.379 e. The SMILES string of the molecule is CCN(CC)Cc1ccccc1NCc1cncn1C. The molecular formula is C16H24N4. The molecule has 2 rings (SSSR count). The monoisotopic (exact) mass is 272 g/mol. The Morgan fingerprint density at radius 2 is 1.95 bits per heavy atom. The van der Waals surface area contributed by atoms with E-state index in [-0.39, 0.29) is 0 Å². The van der Waals surface area contributed by atoms with Crippen LogP contribution in [0.2, 0.25) is 0 Å². The Morgan fingerprint density at radius 1 is 1.20 bits per heavy atom. The number of nitrogens with one attached hydrogen (secondary N) is 1. The summed E-state index contributed by atoms with van der Waals surface area (Å²) in [6.07, 6.45) is 3.73. The average Bonchev–Trinajstić information content (AvgIpc) is 2.89. The molecule has 0 aliphatic rings. The van der Waals surface area contributed by atoms with Crippen molar-refractivity contribution in [1.82, 2.24) is 14.5 Å². The van der Waals surface area contributed by atoms with E-state index >= 15 is 0 Å². The molecule has 1 heterocycles. The molecule has 4 heteroatoms. The Labute approximate surface area is 121 Å². The van der Waals surface area contributed by atoms with Gasteiger partial charge in [-0.15, -0.1) is 0 Å². The summed E-state index contributed by atoms with van der Waals surface area (Å²) in [5, 5.41) is 3.52. The van der Waals surface area contributed by atoms with Crippen molar-refractivity contribution < 1.29 is 0 Å². The van der Waals surface area contributed by atoms with Crippen molar-refractivity contribution >= 4 is 5.69 Å². The van der Waals surface area contributed by atoms with Crippen molar-refractivity contribution in [2.24, 2.45) is 7.05 Å². The second-order valence-electron chi connectivity index (χ2n) is 4.97. The van der Waals surface area contributed by atoms with Crippen LogP contribution >= 0.6 is 0 Å². The molecule has 2 aromatic rings. The Bertz CT molecular complexity index is 529. The first-order valence-electron chi connectivity index (χ1n) is 7.23. The standard InChI is InChI=1S/C16H24N4/c1-4-20(5-2)12-14-8-6-7-9-16(14)18-11-15-10-17-13-19(15)3/h6-10,13,18H,4-5,11-12H2,1-3H3. The molecule has 1 aromatic carbocycles. The first-order chi connectivity index (χ1) is 9.74. The Morgan fingerprint density at radius 3 is 2.60 bits per heavy atom. The Hall–Kier alpha value is -1.81. The van der Waals surface area contributed by atoms with Gasteiger partial charge < -0.3 is 9.88 Å². The molecular weight excluding hydrogens is 248 g/mol. The van der Waals surface area contributed by atoms with Gasteiger partial charge in [0.1, 0.15) is 0 Å². The van der Waals surface area contributed by atoms with Crippen molar-refractivity contribution in [1.29, 1.82) is 0 Å². The van der Waals surface area contributed by atoms with Crippen molar-refractivity contribution in [3.05, 3.63) is 48.0 Å². The van der Waals surface area contributed by atoms with E-state index in [4.69, 9.17) is 0 Å². The molecule has 0 bridgehead atoms. The quantitative estimate of drug-likeness (QED) is 0.841. The van der Waals surface area contributed by atoms with Crippen LogP contribution in [0.3, 0.4) is 0 Å². The van der Waals surface area contributed by atoms with Gasteiger partial charge in [0.05, 0.1) is 18.6 Å². The molecule has 108 valence electrons. The van der Waals surface area contributed by atoms with Crippen molar-refractivity contribution in [2.75, 3.05) is 18.4 Å². The number of aromatic nitrogens is 2. The molecule has 0 fully saturated rings. The minimum atomic E-state index is 0.797. The lowest BCUT2D eigenvalue weighted by molar-refractivity contribution is 0.296. The van der Waals surface area contributed by atoms with Crippen molar-refractivity contribution in [2.45, 2.75) is 26.9 Å². The van der Waals surface area contributed by atoms with Crippen molar-refractivity contribution in [3.63, 3.8) is 0 Å². The summed E-state index contributed by atoms with van der Waals surface area (Å²) in [5.74, 6) is 0. The van der Waals surface area contributed by atoms with Crippen LogP contribution in [0.5, 0.6) is 0 Å². The third-order valence-electron chi connectivity index (χ3n) is 3.68. The average molecular weight is 272 g/mol. The van der Waals surface area contributed by atoms with Gasteiger partial charge in [0.25, 0.3) is 0 Å². The number of benzene rings is 1. The summed E-state index contributed by atoms with van der Waals surface area (Å²) < 4.78 is 2.04. The number of aryl methyl sites for hydroxylation is 1. The molecule has 0 aliphatic carbocycles. The van der Waals surface area contributed by atoms with Gasteiger partial charge in [-0.3, -0.25) is 4.90 Å². The molecule has 0 atom stereocenters. The molecule has 0 saturated heterocycles. The summed E-state index contributed by atoms with van der Waals surface area (Å²) in [6, 6.07) is 8.53. The summed E-state index contributed by atoms with van der Waals surface area (Å²) >= 11 is 0. The second-order valence-corrected chi connectivity index (χ2v) is 4.97. The zero-order valence-electron chi connectivity index (χ0n) is 12.6. The van der Waals surface area contributed by atoms with Gasteiger partial charge >= 0.3 is 0 Å². The lowest BCUT2D eigenvalue weighted by Crippen LogP contribution is -2.22. The lowest BCUT2D eigenvalue weighted by atomic mass is 10.1. The predicted molar refractivity (Wildman–Crippen MR) is 83.6 cm³/mol. The number of hydrogen-bond donors (Lipinski definition) is 1. The molecule has 0 saturated carbocycles. The highest BCUT2D eigenvalue weighted by Gasteiger charge is 2.06. The van der Waals surface area contributed by atoms with Crippen LogP contribution in [-0.4, -0.2) is 27.5 Å². The summed E-state index contributed by atoms with van der Waals surface area (Å²) in [6.45, 7) is 8.34. The first-order valence-corrected chi connectivity index (χ1v) is 7.23. The van der Waals surface area contributed by atoms with E-state index in [0.29, 0.717) is 0 Å². The molecule has 1 N–H and O–H groups in total. The topological polar surface area (TPSA) is 33.1 Å². The van der Waals surface area contributed by atoms with Gasteiger partial charge in [0.15, 0.2) is 0 Å². The maximum atomic E-state index is 4.15. The minimum absolute atomic E-state index is 0.797. The molecule has 0 aliphatic heterocycles. The number of para-hydroxylation sites is 1. The summed E-state index contributed by atoms with van der Waals surface area (Å²) in [5.41, 5.74) is 3.74. The number of imidazole rings is 1. The van der Waals surface area contributed by atoms with Gasteiger partial charge in [-0.2, -0.15) is 0 Å². The summed E-state index contributed by atoms with van der Waals surface area (Å²) in [4.78, 5) is 6.57. The van der Waals surface area contributed by atoms with Crippen molar-refractivity contribution in [3.8, 4) is 0 Å². The smallest absolute Gasteiger partial charge is 0.0946 e. The van der Waals surface area contributed by atoms with E-state index in [1.54, 1.807) is 0 Å². The highest BCUT2D eigenvalue weighted by Crippen LogP contribution is 2.18. The van der Waals surface area contributed by atoms with Crippen LogP contribution in [0.25, 0.3) is 0 Å². The number of anilines is 1. The third-order valence-corrected chi connectivity index (χ3v) is 3.68. The van der Waals surface area contributed by atoms with E-state index in [1.807, 2.05) is 24.1 Å². The Kier molecular flexibility index (Phi) is 5.18. The van der Waals surface area contributed by atoms with Crippen LogP contribution in [0.4, 0.5) is 5.69 Å². The van der Waals surface area contributed by atoms with E-state index in [2.05, 4.69) is 53.3 Å². The predicted octanol–water partition coefficient (Wildman–Crippen LogP) is 2.87. The summed E-state index contributed by atoms with van der Waals surface area (Å²) in [7, 11) is 2.02. The van der Waals surface area contributed by atoms with Crippen LogP contribution in [-0.2, 0) is 20.1 Å². The largest absolute Gasteiger partial charge is 0.379 e. The normalized spacial score (nSPS) is 11.0. The van der Waals surface area contributed by atoms with Gasteiger partial charge in [0.2, 0.25) is 0 Å². The molecule has 0 amide bonds. The molecule has 0 radical (unpaired) electrons. The fraction of sp³-hybridized carbons (Fsp3) is 0.438. The number of nitrogens with zero attached hydrogens (tertiary/aromatic N) is 3. The fourth-order valence-electron chi connectivity index (χ4n) is 2.26. The number of hydrogen-bond acceptors (Lipinski definition) is 3. The second kappa shape index (κ2) is 7.10. The molecule has 0 unspecified atom stereocenters. The maximum Gasteiger partial charge on any atom is 0.0946 e. The zero-order chi connectivity index (χ0) is 14.4.